The van der Waals surface area contributed by atoms with Gasteiger partial charge < -0.3 is 19.7 Å². The quantitative estimate of drug-likeness (QED) is 0.522. The Kier molecular flexibility index (Phi) is 7.12. The smallest absolute Gasteiger partial charge is 0.231 e. The lowest BCUT2D eigenvalue weighted by atomic mass is 9.82. The first kappa shape index (κ1) is 23.7. The van der Waals surface area contributed by atoms with Crippen molar-refractivity contribution >= 4 is 34.0 Å². The van der Waals surface area contributed by atoms with E-state index < -0.39 is 12.0 Å². The minimum atomic E-state index is -0.553. The molecule has 2 atom stereocenters. The number of hydrogen-bond acceptors (Lipinski definition) is 7. The molecule has 1 aliphatic rings. The van der Waals surface area contributed by atoms with Gasteiger partial charge in [0.1, 0.15) is 16.5 Å². The Morgan fingerprint density at radius 3 is 2.47 bits per heavy atom. The molecule has 178 valence electrons. The lowest BCUT2D eigenvalue weighted by molar-refractivity contribution is -0.126. The first-order valence-corrected chi connectivity index (χ1v) is 12.0. The Balaban J connectivity index is 1.74. The van der Waals surface area contributed by atoms with Crippen LogP contribution in [-0.2, 0) is 9.59 Å². The molecule has 4 rings (SSSR count). The summed E-state index contributed by atoms with van der Waals surface area (Å²) >= 11 is 1.37. The van der Waals surface area contributed by atoms with Crippen LogP contribution in [0, 0.1) is 5.92 Å². The molecule has 34 heavy (non-hydrogen) atoms. The summed E-state index contributed by atoms with van der Waals surface area (Å²) < 4.78 is 10.9. The Hall–Kier alpha value is -3.46. The fourth-order valence-corrected chi connectivity index (χ4v) is 4.95. The van der Waals surface area contributed by atoms with E-state index in [9.17, 15) is 9.59 Å². The SMILES string of the molecule is COc1ccc(N2C(=O)CCC(C(=O)Nc3nnc(C(C)C)s3)C2c2ccccc2OC)cc1. The molecule has 8 nitrogen and oxygen atoms in total. The van der Waals surface area contributed by atoms with E-state index in [0.717, 1.165) is 10.6 Å². The van der Waals surface area contributed by atoms with E-state index in [4.69, 9.17) is 9.47 Å². The second-order valence-electron chi connectivity index (χ2n) is 8.38. The van der Waals surface area contributed by atoms with Crippen LogP contribution >= 0.6 is 11.3 Å². The average Bonchev–Trinajstić information content (AvgIpc) is 3.32. The number of anilines is 2. The molecule has 3 aromatic rings. The van der Waals surface area contributed by atoms with Crippen LogP contribution in [0.15, 0.2) is 48.5 Å². The number of carbonyl (C=O) groups excluding carboxylic acids is 2. The predicted molar refractivity (Wildman–Crippen MR) is 132 cm³/mol. The van der Waals surface area contributed by atoms with E-state index in [0.29, 0.717) is 28.7 Å². The number of benzene rings is 2. The Bertz CT molecular complexity index is 1160. The van der Waals surface area contributed by atoms with E-state index in [1.165, 1.54) is 11.3 Å². The van der Waals surface area contributed by atoms with Crippen molar-refractivity contribution < 1.29 is 19.1 Å². The fraction of sp³-hybridized carbons (Fsp3) is 0.360. The Morgan fingerprint density at radius 2 is 1.82 bits per heavy atom. The van der Waals surface area contributed by atoms with Crippen molar-refractivity contribution in [2.45, 2.75) is 38.6 Å². The van der Waals surface area contributed by atoms with Gasteiger partial charge in [0.2, 0.25) is 16.9 Å². The highest BCUT2D eigenvalue weighted by Crippen LogP contribution is 2.43. The first-order valence-electron chi connectivity index (χ1n) is 11.2. The summed E-state index contributed by atoms with van der Waals surface area (Å²) in [6, 6.07) is 14.2. The molecule has 1 N–H and O–H groups in total. The Morgan fingerprint density at radius 1 is 1.09 bits per heavy atom. The van der Waals surface area contributed by atoms with E-state index >= 15 is 0 Å². The molecule has 0 spiro atoms. The number of rotatable bonds is 7. The number of carbonyl (C=O) groups is 2. The zero-order valence-electron chi connectivity index (χ0n) is 19.6. The molecule has 0 radical (unpaired) electrons. The number of nitrogens with one attached hydrogen (secondary N) is 1. The van der Waals surface area contributed by atoms with Gasteiger partial charge in [0.25, 0.3) is 0 Å². The van der Waals surface area contributed by atoms with Crippen LogP contribution in [0.4, 0.5) is 10.8 Å². The van der Waals surface area contributed by atoms with Crippen molar-refractivity contribution in [3.63, 3.8) is 0 Å². The lowest BCUT2D eigenvalue weighted by Gasteiger charge is -2.41. The van der Waals surface area contributed by atoms with E-state index in [-0.39, 0.29) is 24.2 Å². The van der Waals surface area contributed by atoms with Crippen LogP contribution in [0.1, 0.15) is 49.2 Å². The third-order valence-corrected chi connectivity index (χ3v) is 7.05. The van der Waals surface area contributed by atoms with Crippen molar-refractivity contribution in [2.24, 2.45) is 5.92 Å². The molecule has 0 aliphatic carbocycles. The lowest BCUT2D eigenvalue weighted by Crippen LogP contribution is -2.47. The van der Waals surface area contributed by atoms with Gasteiger partial charge in [0.15, 0.2) is 0 Å². The van der Waals surface area contributed by atoms with Gasteiger partial charge in [-0.15, -0.1) is 10.2 Å². The van der Waals surface area contributed by atoms with Crippen molar-refractivity contribution in [1.29, 1.82) is 0 Å². The molecule has 1 aromatic heterocycles. The maximum atomic E-state index is 13.5. The maximum Gasteiger partial charge on any atom is 0.231 e. The number of piperidine rings is 1. The van der Waals surface area contributed by atoms with Gasteiger partial charge >= 0.3 is 0 Å². The molecule has 1 aliphatic heterocycles. The van der Waals surface area contributed by atoms with Crippen molar-refractivity contribution in [3.05, 3.63) is 59.1 Å². The van der Waals surface area contributed by atoms with Crippen molar-refractivity contribution in [2.75, 3.05) is 24.4 Å². The molecule has 1 saturated heterocycles. The topological polar surface area (TPSA) is 93.7 Å². The van der Waals surface area contributed by atoms with Crippen LogP contribution in [0.2, 0.25) is 0 Å². The second-order valence-corrected chi connectivity index (χ2v) is 9.39. The third-order valence-electron chi connectivity index (χ3n) is 5.91. The number of aromatic nitrogens is 2. The average molecular weight is 481 g/mol. The second kappa shape index (κ2) is 10.2. The van der Waals surface area contributed by atoms with Crippen LogP contribution in [0.5, 0.6) is 11.5 Å². The van der Waals surface area contributed by atoms with Crippen LogP contribution in [-0.4, -0.2) is 36.2 Å². The number of amides is 2. The van der Waals surface area contributed by atoms with E-state index in [1.807, 2.05) is 50.2 Å². The number of nitrogens with zero attached hydrogens (tertiary/aromatic N) is 3. The minimum absolute atomic E-state index is 0.0527. The van der Waals surface area contributed by atoms with Crippen molar-refractivity contribution in [1.82, 2.24) is 10.2 Å². The largest absolute Gasteiger partial charge is 0.497 e. The summed E-state index contributed by atoms with van der Waals surface area (Å²) in [5, 5.41) is 12.6. The Labute approximate surface area is 202 Å². The van der Waals surface area contributed by atoms with Gasteiger partial charge in [0.05, 0.1) is 26.2 Å². The molecular formula is C25H28N4O4S. The van der Waals surface area contributed by atoms with E-state index in [2.05, 4.69) is 15.5 Å². The molecule has 1 fully saturated rings. The molecule has 0 bridgehead atoms. The molecule has 2 unspecified atom stereocenters. The summed E-state index contributed by atoms with van der Waals surface area (Å²) in [4.78, 5) is 28.5. The molecule has 0 saturated carbocycles. The summed E-state index contributed by atoms with van der Waals surface area (Å²) in [6.07, 6.45) is 0.666. The van der Waals surface area contributed by atoms with Gasteiger partial charge in [-0.1, -0.05) is 43.4 Å². The fourth-order valence-electron chi connectivity index (χ4n) is 4.20. The summed E-state index contributed by atoms with van der Waals surface area (Å²) in [6.45, 7) is 4.06. The van der Waals surface area contributed by atoms with Crippen LogP contribution < -0.4 is 19.7 Å². The van der Waals surface area contributed by atoms with Gasteiger partial charge in [0, 0.05) is 23.6 Å². The number of para-hydroxylation sites is 1. The molecular weight excluding hydrogens is 452 g/mol. The number of methoxy groups -OCH3 is 2. The predicted octanol–water partition coefficient (Wildman–Crippen LogP) is 4.80. The van der Waals surface area contributed by atoms with E-state index in [1.54, 1.807) is 31.3 Å². The highest BCUT2D eigenvalue weighted by Gasteiger charge is 2.43. The molecule has 2 heterocycles. The summed E-state index contributed by atoms with van der Waals surface area (Å²) in [7, 11) is 3.18. The first-order chi connectivity index (χ1) is 16.4. The van der Waals surface area contributed by atoms with Gasteiger partial charge in [-0.3, -0.25) is 9.59 Å². The summed E-state index contributed by atoms with van der Waals surface area (Å²) in [5.41, 5.74) is 1.46. The standard InChI is InChI=1S/C25H28N4O4S/c1-15(2)24-27-28-25(34-24)26-23(31)19-13-14-21(30)29(16-9-11-17(32-3)12-10-16)22(19)18-7-5-6-8-20(18)33-4/h5-12,15,19,22H,13-14H2,1-4H3,(H,26,28,31). The van der Waals surface area contributed by atoms with Crippen molar-refractivity contribution in [3.8, 4) is 11.5 Å². The van der Waals surface area contributed by atoms with Gasteiger partial charge in [-0.05, 0) is 36.8 Å². The molecule has 9 heteroatoms. The zero-order valence-corrected chi connectivity index (χ0v) is 20.5. The maximum absolute atomic E-state index is 13.5. The highest BCUT2D eigenvalue weighted by atomic mass is 32.1. The normalized spacial score (nSPS) is 18.1. The molecule has 2 amide bonds. The summed E-state index contributed by atoms with van der Waals surface area (Å²) in [5.74, 6) is 0.770. The number of ether oxygens (including phenoxy) is 2. The van der Waals surface area contributed by atoms with Crippen LogP contribution in [0.3, 0.4) is 0 Å². The van der Waals surface area contributed by atoms with Crippen LogP contribution in [0.25, 0.3) is 0 Å². The van der Waals surface area contributed by atoms with Gasteiger partial charge in [-0.25, -0.2) is 0 Å². The third kappa shape index (κ3) is 4.75. The minimum Gasteiger partial charge on any atom is -0.497 e. The monoisotopic (exact) mass is 480 g/mol. The zero-order chi connectivity index (χ0) is 24.2. The van der Waals surface area contributed by atoms with Gasteiger partial charge in [-0.2, -0.15) is 0 Å². The highest BCUT2D eigenvalue weighted by molar-refractivity contribution is 7.15. The number of hydrogen-bond donors (Lipinski definition) is 1. The molecule has 2 aromatic carbocycles.